The van der Waals surface area contributed by atoms with Crippen LogP contribution in [0.2, 0.25) is 0 Å². The minimum atomic E-state index is -0.564. The van der Waals surface area contributed by atoms with Crippen molar-refractivity contribution in [2.24, 2.45) is 0 Å². The zero-order valence-electron chi connectivity index (χ0n) is 13.6. The molecule has 0 bridgehead atoms. The molecule has 0 heterocycles. The van der Waals surface area contributed by atoms with Gasteiger partial charge in [0.25, 0.3) is 0 Å². The highest BCUT2D eigenvalue weighted by atomic mass is 16.5. The Hall–Kier alpha value is -1.50. The Morgan fingerprint density at radius 2 is 1.68 bits per heavy atom. The predicted molar refractivity (Wildman–Crippen MR) is 89.8 cm³/mol. The molecule has 0 saturated heterocycles. The fraction of sp³-hybridized carbons (Fsp3) is 0.579. The Morgan fingerprint density at radius 1 is 1.05 bits per heavy atom. The number of unbranched alkanes of at least 4 members (excludes halogenated alkanes) is 5. The van der Waals surface area contributed by atoms with Crippen molar-refractivity contribution in [3.63, 3.8) is 0 Å². The topological polar surface area (TPSA) is 38.7 Å². The molecule has 0 aliphatic carbocycles. The van der Waals surface area contributed by atoms with Gasteiger partial charge in [0.1, 0.15) is 11.9 Å². The van der Waals surface area contributed by atoms with Crippen molar-refractivity contribution in [2.75, 3.05) is 13.7 Å². The Morgan fingerprint density at radius 3 is 2.32 bits per heavy atom. The number of benzene rings is 1. The highest BCUT2D eigenvalue weighted by Crippen LogP contribution is 2.12. The standard InChI is InChI=1S/C19H28O3/c1-3-18(20)10-8-6-4-5-7-9-15-22-16-17-11-13-19(21-2)14-12-17/h1,11-14,18,20H,4-10,15-16H2,2H3/t18-/m1/s1. The lowest BCUT2D eigenvalue weighted by atomic mass is 10.1. The van der Waals surface area contributed by atoms with Crippen molar-refractivity contribution >= 4 is 0 Å². The summed E-state index contributed by atoms with van der Waals surface area (Å²) in [5.74, 6) is 3.22. The van der Waals surface area contributed by atoms with Crippen LogP contribution in [-0.4, -0.2) is 24.9 Å². The maximum absolute atomic E-state index is 9.22. The van der Waals surface area contributed by atoms with Gasteiger partial charge in [0, 0.05) is 6.61 Å². The van der Waals surface area contributed by atoms with E-state index in [1.165, 1.54) is 24.8 Å². The summed E-state index contributed by atoms with van der Waals surface area (Å²) in [6.45, 7) is 1.47. The molecule has 0 saturated carbocycles. The average Bonchev–Trinajstić information content (AvgIpc) is 2.56. The SMILES string of the molecule is C#C[C@@H](O)CCCCCCCCOCc1ccc(OC)cc1. The van der Waals surface area contributed by atoms with Crippen molar-refractivity contribution in [1.29, 1.82) is 0 Å². The predicted octanol–water partition coefficient (Wildman–Crippen LogP) is 3.94. The third kappa shape index (κ3) is 8.71. The van der Waals surface area contributed by atoms with E-state index in [4.69, 9.17) is 15.9 Å². The van der Waals surface area contributed by atoms with Crippen LogP contribution in [0.4, 0.5) is 0 Å². The van der Waals surface area contributed by atoms with E-state index in [0.717, 1.165) is 38.0 Å². The lowest BCUT2D eigenvalue weighted by molar-refractivity contribution is 0.116. The second kappa shape index (κ2) is 12.1. The van der Waals surface area contributed by atoms with Crippen LogP contribution < -0.4 is 4.74 Å². The summed E-state index contributed by atoms with van der Waals surface area (Å²) in [6.07, 6.45) is 12.2. The van der Waals surface area contributed by atoms with Gasteiger partial charge in [-0.2, -0.15) is 0 Å². The van der Waals surface area contributed by atoms with Crippen LogP contribution in [0.1, 0.15) is 50.5 Å². The summed E-state index contributed by atoms with van der Waals surface area (Å²) in [5.41, 5.74) is 1.17. The molecule has 0 aliphatic heterocycles. The molecule has 1 atom stereocenters. The first kappa shape index (κ1) is 18.5. The second-order valence-corrected chi connectivity index (χ2v) is 5.49. The molecule has 0 aliphatic rings. The molecule has 0 aromatic heterocycles. The van der Waals surface area contributed by atoms with Crippen LogP contribution in [0.25, 0.3) is 0 Å². The van der Waals surface area contributed by atoms with Gasteiger partial charge in [0.05, 0.1) is 13.7 Å². The molecule has 122 valence electrons. The van der Waals surface area contributed by atoms with Crippen molar-refractivity contribution in [1.82, 2.24) is 0 Å². The molecular weight excluding hydrogens is 276 g/mol. The fourth-order valence-corrected chi connectivity index (χ4v) is 2.24. The molecule has 0 amide bonds. The van der Waals surface area contributed by atoms with E-state index in [-0.39, 0.29) is 0 Å². The Balaban J connectivity index is 1.90. The number of hydrogen-bond acceptors (Lipinski definition) is 3. The number of hydrogen-bond donors (Lipinski definition) is 1. The molecular formula is C19H28O3. The molecule has 0 unspecified atom stereocenters. The quantitative estimate of drug-likeness (QED) is 0.469. The minimum absolute atomic E-state index is 0.564. The first-order valence-corrected chi connectivity index (χ1v) is 8.11. The molecule has 22 heavy (non-hydrogen) atoms. The van der Waals surface area contributed by atoms with E-state index >= 15 is 0 Å². The summed E-state index contributed by atoms with van der Waals surface area (Å²) in [4.78, 5) is 0. The Kier molecular flexibility index (Phi) is 10.2. The van der Waals surface area contributed by atoms with Gasteiger partial charge in [-0.3, -0.25) is 0 Å². The number of ether oxygens (including phenoxy) is 2. The maximum Gasteiger partial charge on any atom is 0.118 e. The first-order chi connectivity index (χ1) is 10.8. The summed E-state index contributed by atoms with van der Waals surface area (Å²) < 4.78 is 10.8. The van der Waals surface area contributed by atoms with E-state index in [1.807, 2.05) is 24.3 Å². The van der Waals surface area contributed by atoms with E-state index in [9.17, 15) is 5.11 Å². The summed E-state index contributed by atoms with van der Waals surface area (Å²) in [6, 6.07) is 7.97. The highest BCUT2D eigenvalue weighted by molar-refractivity contribution is 5.26. The van der Waals surface area contributed by atoms with Crippen LogP contribution in [0.15, 0.2) is 24.3 Å². The average molecular weight is 304 g/mol. The normalized spacial score (nSPS) is 11.9. The molecule has 3 heteroatoms. The number of aliphatic hydroxyl groups is 1. The zero-order chi connectivity index (χ0) is 16.0. The van der Waals surface area contributed by atoms with Gasteiger partial charge in [-0.25, -0.2) is 0 Å². The lowest BCUT2D eigenvalue weighted by Gasteiger charge is -2.06. The van der Waals surface area contributed by atoms with E-state index < -0.39 is 6.10 Å². The molecule has 1 N–H and O–H groups in total. The zero-order valence-corrected chi connectivity index (χ0v) is 13.6. The fourth-order valence-electron chi connectivity index (χ4n) is 2.24. The first-order valence-electron chi connectivity index (χ1n) is 8.11. The Labute approximate surface area is 134 Å². The third-order valence-electron chi connectivity index (χ3n) is 3.64. The van der Waals surface area contributed by atoms with Crippen LogP contribution in [0.3, 0.4) is 0 Å². The van der Waals surface area contributed by atoms with Crippen molar-refractivity contribution in [2.45, 2.75) is 57.7 Å². The van der Waals surface area contributed by atoms with E-state index in [0.29, 0.717) is 6.61 Å². The Bertz CT molecular complexity index is 419. The van der Waals surface area contributed by atoms with Gasteiger partial charge in [-0.05, 0) is 37.0 Å². The summed E-state index contributed by atoms with van der Waals surface area (Å²) in [5, 5.41) is 9.22. The molecule has 3 nitrogen and oxygen atoms in total. The molecule has 1 aromatic rings. The molecule has 0 radical (unpaired) electrons. The van der Waals surface area contributed by atoms with Gasteiger partial charge in [-0.1, -0.05) is 43.7 Å². The lowest BCUT2D eigenvalue weighted by Crippen LogP contribution is -2.01. The van der Waals surface area contributed by atoms with Crippen LogP contribution in [0.5, 0.6) is 5.75 Å². The highest BCUT2D eigenvalue weighted by Gasteiger charge is 1.98. The van der Waals surface area contributed by atoms with Crippen molar-refractivity contribution in [3.05, 3.63) is 29.8 Å². The molecule has 1 aromatic carbocycles. The third-order valence-corrected chi connectivity index (χ3v) is 3.64. The van der Waals surface area contributed by atoms with Gasteiger partial charge in [0.15, 0.2) is 0 Å². The van der Waals surface area contributed by atoms with Gasteiger partial charge < -0.3 is 14.6 Å². The largest absolute Gasteiger partial charge is 0.497 e. The maximum atomic E-state index is 9.22. The molecule has 1 rings (SSSR count). The second-order valence-electron chi connectivity index (χ2n) is 5.49. The minimum Gasteiger partial charge on any atom is -0.497 e. The smallest absolute Gasteiger partial charge is 0.118 e. The summed E-state index contributed by atoms with van der Waals surface area (Å²) in [7, 11) is 1.67. The van der Waals surface area contributed by atoms with Crippen molar-refractivity contribution < 1.29 is 14.6 Å². The number of rotatable bonds is 12. The van der Waals surface area contributed by atoms with Crippen molar-refractivity contribution in [3.8, 4) is 18.1 Å². The van der Waals surface area contributed by atoms with Gasteiger partial charge >= 0.3 is 0 Å². The van der Waals surface area contributed by atoms with E-state index in [2.05, 4.69) is 5.92 Å². The number of aliphatic hydroxyl groups excluding tert-OH is 1. The molecule has 0 spiro atoms. The monoisotopic (exact) mass is 304 g/mol. The summed E-state index contributed by atoms with van der Waals surface area (Å²) >= 11 is 0. The van der Waals surface area contributed by atoms with Crippen LogP contribution in [-0.2, 0) is 11.3 Å². The van der Waals surface area contributed by atoms with Gasteiger partial charge in [-0.15, -0.1) is 6.42 Å². The molecule has 0 fully saturated rings. The van der Waals surface area contributed by atoms with Gasteiger partial charge in [0.2, 0.25) is 0 Å². The van der Waals surface area contributed by atoms with Crippen LogP contribution in [0, 0.1) is 12.3 Å². The number of terminal acetylenes is 1. The number of methoxy groups -OCH3 is 1. The van der Waals surface area contributed by atoms with E-state index in [1.54, 1.807) is 7.11 Å². The van der Waals surface area contributed by atoms with Crippen LogP contribution >= 0.6 is 0 Å².